The van der Waals surface area contributed by atoms with Crippen LogP contribution in [0.2, 0.25) is 0 Å². The number of nitrogens with zero attached hydrogens (tertiary/aromatic N) is 5. The second-order valence-corrected chi connectivity index (χ2v) is 7.34. The van der Waals surface area contributed by atoms with Gasteiger partial charge in [-0.3, -0.25) is 0 Å². The fraction of sp³-hybridized carbons (Fsp3) is 0.471. The number of fused-ring (bicyclic) bond motifs is 2. The predicted molar refractivity (Wildman–Crippen MR) is 98.7 cm³/mol. The molecule has 0 amide bonds. The SMILES string of the molecule is CCc1cc2c(N3CCn4ccnc4C3)nc(OCC(O)CO)nc2s1. The van der Waals surface area contributed by atoms with E-state index in [-0.39, 0.29) is 19.2 Å². The Kier molecular flexibility index (Phi) is 4.75. The van der Waals surface area contributed by atoms with E-state index in [9.17, 15) is 5.11 Å². The van der Waals surface area contributed by atoms with Gasteiger partial charge in [0.2, 0.25) is 0 Å². The van der Waals surface area contributed by atoms with Gasteiger partial charge in [-0.25, -0.2) is 4.98 Å². The van der Waals surface area contributed by atoms with Gasteiger partial charge in [-0.05, 0) is 12.5 Å². The Morgan fingerprint density at radius 3 is 3.04 bits per heavy atom. The maximum Gasteiger partial charge on any atom is 0.319 e. The monoisotopic (exact) mass is 375 g/mol. The average molecular weight is 375 g/mol. The van der Waals surface area contributed by atoms with Crippen LogP contribution in [0.3, 0.4) is 0 Å². The Hall–Kier alpha value is -2.23. The average Bonchev–Trinajstić information content (AvgIpc) is 3.30. The van der Waals surface area contributed by atoms with Crippen molar-refractivity contribution >= 4 is 27.4 Å². The van der Waals surface area contributed by atoms with Crippen LogP contribution < -0.4 is 9.64 Å². The number of anilines is 1. The van der Waals surface area contributed by atoms with Gasteiger partial charge in [-0.1, -0.05) is 6.92 Å². The van der Waals surface area contributed by atoms with Crippen molar-refractivity contribution in [2.24, 2.45) is 0 Å². The first kappa shape index (κ1) is 17.2. The molecule has 1 atom stereocenters. The topological polar surface area (TPSA) is 96.5 Å². The summed E-state index contributed by atoms with van der Waals surface area (Å²) in [5.41, 5.74) is 0. The molecule has 9 heteroatoms. The van der Waals surface area contributed by atoms with E-state index in [0.29, 0.717) is 6.54 Å². The van der Waals surface area contributed by atoms with Crippen molar-refractivity contribution in [2.75, 3.05) is 24.7 Å². The third kappa shape index (κ3) is 3.25. The summed E-state index contributed by atoms with van der Waals surface area (Å²) < 4.78 is 7.67. The van der Waals surface area contributed by atoms with Crippen molar-refractivity contribution < 1.29 is 14.9 Å². The molecule has 8 nitrogen and oxygen atoms in total. The van der Waals surface area contributed by atoms with E-state index in [0.717, 1.165) is 41.4 Å². The molecule has 0 saturated heterocycles. The van der Waals surface area contributed by atoms with Crippen molar-refractivity contribution in [2.45, 2.75) is 32.5 Å². The second-order valence-electron chi connectivity index (χ2n) is 6.22. The molecule has 4 heterocycles. The first-order chi connectivity index (χ1) is 12.7. The van der Waals surface area contributed by atoms with Crippen LogP contribution >= 0.6 is 11.3 Å². The first-order valence-electron chi connectivity index (χ1n) is 8.65. The zero-order chi connectivity index (χ0) is 18.1. The molecule has 0 fully saturated rings. The molecule has 0 radical (unpaired) electrons. The number of aromatic nitrogens is 4. The molecular weight excluding hydrogens is 354 g/mol. The lowest BCUT2D eigenvalue weighted by molar-refractivity contribution is 0.0506. The van der Waals surface area contributed by atoms with Crippen LogP contribution in [-0.4, -0.2) is 55.6 Å². The third-order valence-electron chi connectivity index (χ3n) is 4.41. The minimum Gasteiger partial charge on any atom is -0.461 e. The minimum absolute atomic E-state index is 0.0438. The van der Waals surface area contributed by atoms with Gasteiger partial charge in [0, 0.05) is 30.4 Å². The molecule has 1 aliphatic heterocycles. The van der Waals surface area contributed by atoms with Crippen molar-refractivity contribution in [1.29, 1.82) is 0 Å². The summed E-state index contributed by atoms with van der Waals surface area (Å²) in [4.78, 5) is 17.8. The van der Waals surface area contributed by atoms with Crippen molar-refractivity contribution in [3.05, 3.63) is 29.2 Å². The summed E-state index contributed by atoms with van der Waals surface area (Å²) in [6.07, 6.45) is 3.80. The van der Waals surface area contributed by atoms with Crippen LogP contribution in [0.25, 0.3) is 10.2 Å². The number of hydrogen-bond donors (Lipinski definition) is 2. The van der Waals surface area contributed by atoms with E-state index in [1.807, 2.05) is 12.4 Å². The fourth-order valence-corrected chi connectivity index (χ4v) is 3.95. The third-order valence-corrected chi connectivity index (χ3v) is 5.58. The van der Waals surface area contributed by atoms with Gasteiger partial charge in [0.05, 0.1) is 18.5 Å². The lowest BCUT2D eigenvalue weighted by Crippen LogP contribution is -2.34. The maximum atomic E-state index is 9.53. The molecule has 0 spiro atoms. The van der Waals surface area contributed by atoms with Gasteiger partial charge >= 0.3 is 6.01 Å². The van der Waals surface area contributed by atoms with Crippen molar-refractivity contribution in [1.82, 2.24) is 19.5 Å². The number of ether oxygens (including phenoxy) is 1. The van der Waals surface area contributed by atoms with E-state index < -0.39 is 6.10 Å². The Morgan fingerprint density at radius 1 is 1.35 bits per heavy atom. The van der Waals surface area contributed by atoms with E-state index in [1.54, 1.807) is 11.3 Å². The van der Waals surface area contributed by atoms with Crippen LogP contribution in [0.5, 0.6) is 6.01 Å². The number of hydrogen-bond acceptors (Lipinski definition) is 8. The number of rotatable bonds is 6. The number of imidazole rings is 1. The highest BCUT2D eigenvalue weighted by Gasteiger charge is 2.22. The predicted octanol–water partition coefficient (Wildman–Crippen LogP) is 1.20. The fourth-order valence-electron chi connectivity index (χ4n) is 2.99. The minimum atomic E-state index is -0.949. The smallest absolute Gasteiger partial charge is 0.319 e. The number of thiophene rings is 1. The molecule has 0 bridgehead atoms. The van der Waals surface area contributed by atoms with E-state index in [2.05, 4.69) is 37.4 Å². The van der Waals surface area contributed by atoms with Gasteiger partial charge in [-0.2, -0.15) is 9.97 Å². The largest absolute Gasteiger partial charge is 0.461 e. The van der Waals surface area contributed by atoms with Gasteiger partial charge in [0.25, 0.3) is 0 Å². The molecule has 0 saturated carbocycles. The zero-order valence-electron chi connectivity index (χ0n) is 14.5. The highest BCUT2D eigenvalue weighted by molar-refractivity contribution is 7.18. The number of aliphatic hydroxyl groups excluding tert-OH is 2. The number of aliphatic hydroxyl groups is 2. The molecule has 1 aliphatic rings. The van der Waals surface area contributed by atoms with Crippen LogP contribution in [-0.2, 0) is 19.5 Å². The van der Waals surface area contributed by atoms with Gasteiger partial charge in [0.1, 0.15) is 29.2 Å². The zero-order valence-corrected chi connectivity index (χ0v) is 15.3. The highest BCUT2D eigenvalue weighted by Crippen LogP contribution is 2.34. The Balaban J connectivity index is 1.70. The standard InChI is InChI=1S/C17H21N5O3S/c1-2-12-7-13-15(22-6-5-21-4-3-18-14(21)8-22)19-17(20-16(13)26-12)25-10-11(24)9-23/h3-4,7,11,23-24H,2,5-6,8-10H2,1H3. The molecule has 0 aliphatic carbocycles. The maximum absolute atomic E-state index is 9.53. The van der Waals surface area contributed by atoms with Gasteiger partial charge in [-0.15, -0.1) is 11.3 Å². The van der Waals surface area contributed by atoms with Crippen LogP contribution in [0, 0.1) is 0 Å². The molecule has 0 aromatic carbocycles. The summed E-state index contributed by atoms with van der Waals surface area (Å²) in [5, 5.41) is 19.5. The van der Waals surface area contributed by atoms with Gasteiger partial charge in [0.15, 0.2) is 0 Å². The molecule has 138 valence electrons. The van der Waals surface area contributed by atoms with E-state index in [4.69, 9.17) is 9.84 Å². The lowest BCUT2D eigenvalue weighted by atomic mass is 10.2. The van der Waals surface area contributed by atoms with E-state index in [1.165, 1.54) is 4.88 Å². The molecule has 2 N–H and O–H groups in total. The summed E-state index contributed by atoms with van der Waals surface area (Å²) in [7, 11) is 0. The van der Waals surface area contributed by atoms with Crippen LogP contribution in [0.1, 0.15) is 17.6 Å². The molecule has 3 aromatic heterocycles. The Bertz CT molecular complexity index is 909. The van der Waals surface area contributed by atoms with E-state index >= 15 is 0 Å². The lowest BCUT2D eigenvalue weighted by Gasteiger charge is -2.29. The summed E-state index contributed by atoms with van der Waals surface area (Å²) in [5.74, 6) is 1.83. The molecule has 4 rings (SSSR count). The molecule has 1 unspecified atom stereocenters. The summed E-state index contributed by atoms with van der Waals surface area (Å²) in [6, 6.07) is 2.36. The summed E-state index contributed by atoms with van der Waals surface area (Å²) >= 11 is 1.63. The Morgan fingerprint density at radius 2 is 2.23 bits per heavy atom. The summed E-state index contributed by atoms with van der Waals surface area (Å²) in [6.45, 7) is 4.07. The highest BCUT2D eigenvalue weighted by atomic mass is 32.1. The van der Waals surface area contributed by atoms with Gasteiger partial charge < -0.3 is 24.4 Å². The van der Waals surface area contributed by atoms with Crippen molar-refractivity contribution in [3.8, 4) is 6.01 Å². The normalized spacial score (nSPS) is 15.3. The molecule has 26 heavy (non-hydrogen) atoms. The Labute approximate surface area is 154 Å². The van der Waals surface area contributed by atoms with Crippen LogP contribution in [0.15, 0.2) is 18.5 Å². The quantitative estimate of drug-likeness (QED) is 0.668. The first-order valence-corrected chi connectivity index (χ1v) is 9.46. The second kappa shape index (κ2) is 7.18. The van der Waals surface area contributed by atoms with Crippen molar-refractivity contribution in [3.63, 3.8) is 0 Å². The molecular formula is C17H21N5O3S. The number of aryl methyl sites for hydroxylation is 1. The van der Waals surface area contributed by atoms with Crippen LogP contribution in [0.4, 0.5) is 5.82 Å². The molecule has 3 aromatic rings.